The molecule has 0 radical (unpaired) electrons. The molecule has 0 saturated carbocycles. The topological polar surface area (TPSA) is 45.8 Å². The van der Waals surface area contributed by atoms with Crippen LogP contribution in [0.25, 0.3) is 6.08 Å². The minimum absolute atomic E-state index is 0.193. The van der Waals surface area contributed by atoms with Crippen LogP contribution in [-0.2, 0) is 7.05 Å². The summed E-state index contributed by atoms with van der Waals surface area (Å²) in [6.07, 6.45) is 2.72. The van der Waals surface area contributed by atoms with E-state index in [2.05, 4.69) is 0 Å². The van der Waals surface area contributed by atoms with E-state index in [1.807, 2.05) is 13.0 Å². The van der Waals surface area contributed by atoms with Crippen molar-refractivity contribution in [1.82, 2.24) is 4.57 Å². The molecule has 5 heteroatoms. The number of aromatic nitrogens is 1. The van der Waals surface area contributed by atoms with E-state index in [-0.39, 0.29) is 5.56 Å². The average Bonchev–Trinajstić information content (AvgIpc) is 2.72. The summed E-state index contributed by atoms with van der Waals surface area (Å²) in [6, 6.07) is 6.48. The summed E-state index contributed by atoms with van der Waals surface area (Å²) in [5.41, 5.74) is 1.79. The molecule has 0 fully saturated rings. The van der Waals surface area contributed by atoms with E-state index in [0.29, 0.717) is 17.3 Å². The van der Waals surface area contributed by atoms with Crippen molar-refractivity contribution in [2.75, 3.05) is 0 Å². The van der Waals surface area contributed by atoms with Gasteiger partial charge in [0.25, 0.3) is 0 Å². The van der Waals surface area contributed by atoms with Gasteiger partial charge in [-0.3, -0.25) is 4.79 Å². The van der Waals surface area contributed by atoms with E-state index in [4.69, 9.17) is 5.26 Å². The Bertz CT molecular complexity index is 782. The van der Waals surface area contributed by atoms with E-state index in [1.54, 1.807) is 17.7 Å². The van der Waals surface area contributed by atoms with Gasteiger partial charge in [-0.2, -0.15) is 5.26 Å². The first-order valence-corrected chi connectivity index (χ1v) is 6.18. The van der Waals surface area contributed by atoms with Crippen molar-refractivity contribution >= 4 is 11.9 Å². The SMILES string of the molecule is Cc1c(C=CC(=O)c2ccc(F)cc2F)cc(C#N)n1C. The van der Waals surface area contributed by atoms with Gasteiger partial charge in [0.1, 0.15) is 23.4 Å². The first-order chi connectivity index (χ1) is 9.93. The highest BCUT2D eigenvalue weighted by Crippen LogP contribution is 2.16. The van der Waals surface area contributed by atoms with Crippen LogP contribution in [-0.4, -0.2) is 10.4 Å². The largest absolute Gasteiger partial charge is 0.339 e. The summed E-state index contributed by atoms with van der Waals surface area (Å²) in [5.74, 6) is -2.19. The van der Waals surface area contributed by atoms with E-state index < -0.39 is 17.4 Å². The molecular weight excluding hydrogens is 274 g/mol. The lowest BCUT2D eigenvalue weighted by atomic mass is 10.1. The Labute approximate surface area is 120 Å². The van der Waals surface area contributed by atoms with Gasteiger partial charge in [-0.1, -0.05) is 0 Å². The van der Waals surface area contributed by atoms with Crippen molar-refractivity contribution in [3.63, 3.8) is 0 Å². The number of rotatable bonds is 3. The fourth-order valence-corrected chi connectivity index (χ4v) is 1.94. The number of nitrogens with zero attached hydrogens (tertiary/aromatic N) is 2. The van der Waals surface area contributed by atoms with Crippen LogP contribution in [0.15, 0.2) is 30.3 Å². The quantitative estimate of drug-likeness (QED) is 0.641. The third-order valence-corrected chi connectivity index (χ3v) is 3.30. The van der Waals surface area contributed by atoms with Crippen LogP contribution in [0.2, 0.25) is 0 Å². The maximum Gasteiger partial charge on any atom is 0.188 e. The van der Waals surface area contributed by atoms with Crippen LogP contribution in [0.4, 0.5) is 8.78 Å². The Balaban J connectivity index is 2.29. The number of hydrogen-bond donors (Lipinski definition) is 0. The van der Waals surface area contributed by atoms with E-state index >= 15 is 0 Å². The highest BCUT2D eigenvalue weighted by atomic mass is 19.1. The number of halogens is 2. The summed E-state index contributed by atoms with van der Waals surface area (Å²) in [7, 11) is 1.74. The maximum absolute atomic E-state index is 13.5. The Morgan fingerprint density at radius 1 is 1.33 bits per heavy atom. The predicted molar refractivity (Wildman–Crippen MR) is 74.6 cm³/mol. The maximum atomic E-state index is 13.5. The molecule has 1 aromatic carbocycles. The van der Waals surface area contributed by atoms with E-state index in [0.717, 1.165) is 17.8 Å². The second-order valence-electron chi connectivity index (χ2n) is 4.56. The lowest BCUT2D eigenvalue weighted by Crippen LogP contribution is -1.99. The molecule has 0 bridgehead atoms. The second kappa shape index (κ2) is 5.71. The first kappa shape index (κ1) is 14.7. The predicted octanol–water partition coefficient (Wildman–Crippen LogP) is 3.38. The molecule has 0 atom stereocenters. The van der Waals surface area contributed by atoms with Crippen molar-refractivity contribution in [1.29, 1.82) is 5.26 Å². The second-order valence-corrected chi connectivity index (χ2v) is 4.56. The first-order valence-electron chi connectivity index (χ1n) is 6.18. The molecule has 0 aliphatic heterocycles. The van der Waals surface area contributed by atoms with Gasteiger partial charge < -0.3 is 4.57 Å². The molecular formula is C16H12F2N2O. The van der Waals surface area contributed by atoms with Gasteiger partial charge in [-0.05, 0) is 42.8 Å². The van der Waals surface area contributed by atoms with Crippen LogP contribution in [0.3, 0.4) is 0 Å². The summed E-state index contributed by atoms with van der Waals surface area (Å²) >= 11 is 0. The average molecular weight is 286 g/mol. The number of nitriles is 1. The zero-order valence-electron chi connectivity index (χ0n) is 11.5. The number of ketones is 1. The molecule has 0 N–H and O–H groups in total. The molecule has 0 spiro atoms. The van der Waals surface area contributed by atoms with E-state index in [1.165, 1.54) is 12.2 Å². The van der Waals surface area contributed by atoms with Crippen molar-refractivity contribution in [3.05, 3.63) is 64.5 Å². The normalized spacial score (nSPS) is 10.8. The van der Waals surface area contributed by atoms with Gasteiger partial charge in [0, 0.05) is 18.8 Å². The van der Waals surface area contributed by atoms with Crippen LogP contribution in [0.1, 0.15) is 27.3 Å². The third-order valence-electron chi connectivity index (χ3n) is 3.30. The molecule has 0 saturated heterocycles. The standard InChI is InChI=1S/C16H12F2N2O/c1-10-11(7-13(9-19)20(10)2)3-6-16(21)14-5-4-12(17)8-15(14)18/h3-8H,1-2H3. The Morgan fingerprint density at radius 3 is 2.62 bits per heavy atom. The van der Waals surface area contributed by atoms with Gasteiger partial charge in [-0.15, -0.1) is 0 Å². The summed E-state index contributed by atoms with van der Waals surface area (Å²) in [4.78, 5) is 11.9. The van der Waals surface area contributed by atoms with Crippen molar-refractivity contribution in [2.24, 2.45) is 7.05 Å². The molecule has 21 heavy (non-hydrogen) atoms. The fraction of sp³-hybridized carbons (Fsp3) is 0.125. The van der Waals surface area contributed by atoms with Crippen LogP contribution < -0.4 is 0 Å². The molecule has 0 unspecified atom stereocenters. The lowest BCUT2D eigenvalue weighted by molar-refractivity contribution is 0.104. The highest BCUT2D eigenvalue weighted by molar-refractivity contribution is 6.07. The minimum atomic E-state index is -0.896. The van der Waals surface area contributed by atoms with Crippen LogP contribution in [0, 0.1) is 29.9 Å². The molecule has 1 heterocycles. The van der Waals surface area contributed by atoms with Gasteiger partial charge >= 0.3 is 0 Å². The molecule has 1 aromatic heterocycles. The van der Waals surface area contributed by atoms with Crippen LogP contribution >= 0.6 is 0 Å². The van der Waals surface area contributed by atoms with Crippen molar-refractivity contribution in [2.45, 2.75) is 6.92 Å². The van der Waals surface area contributed by atoms with Crippen molar-refractivity contribution in [3.8, 4) is 6.07 Å². The monoisotopic (exact) mass is 286 g/mol. The van der Waals surface area contributed by atoms with Gasteiger partial charge in [0.15, 0.2) is 5.78 Å². The van der Waals surface area contributed by atoms with Gasteiger partial charge in [0.05, 0.1) is 5.56 Å². The smallest absolute Gasteiger partial charge is 0.188 e. The van der Waals surface area contributed by atoms with Gasteiger partial charge in [0.2, 0.25) is 0 Å². The number of hydrogen-bond acceptors (Lipinski definition) is 2. The number of allylic oxidation sites excluding steroid dienone is 1. The summed E-state index contributed by atoms with van der Waals surface area (Å²) in [6.45, 7) is 1.81. The minimum Gasteiger partial charge on any atom is -0.339 e. The Kier molecular flexibility index (Phi) is 3.99. The van der Waals surface area contributed by atoms with Crippen molar-refractivity contribution < 1.29 is 13.6 Å². The van der Waals surface area contributed by atoms with Crippen LogP contribution in [0.5, 0.6) is 0 Å². The summed E-state index contributed by atoms with van der Waals surface area (Å²) in [5, 5.41) is 8.93. The molecule has 2 aromatic rings. The molecule has 0 aliphatic rings. The molecule has 2 rings (SSSR count). The third kappa shape index (κ3) is 2.90. The molecule has 106 valence electrons. The number of carbonyl (C=O) groups is 1. The lowest BCUT2D eigenvalue weighted by Gasteiger charge is -1.99. The zero-order valence-corrected chi connectivity index (χ0v) is 11.5. The van der Waals surface area contributed by atoms with E-state index in [9.17, 15) is 13.6 Å². The van der Waals surface area contributed by atoms with Gasteiger partial charge in [-0.25, -0.2) is 8.78 Å². The fourth-order valence-electron chi connectivity index (χ4n) is 1.94. The zero-order chi connectivity index (χ0) is 15.6. The molecule has 3 nitrogen and oxygen atoms in total. The number of benzene rings is 1. The summed E-state index contributed by atoms with van der Waals surface area (Å²) < 4.78 is 28.0. The molecule has 0 aliphatic carbocycles. The Morgan fingerprint density at radius 2 is 2.05 bits per heavy atom. The number of carbonyl (C=O) groups excluding carboxylic acids is 1. The Hall–Kier alpha value is -2.74. The highest BCUT2D eigenvalue weighted by Gasteiger charge is 2.11. The molecule has 0 amide bonds.